The summed E-state index contributed by atoms with van der Waals surface area (Å²) >= 11 is 0. The fraction of sp³-hybridized carbons (Fsp3) is 0.190. The Bertz CT molecular complexity index is 1180. The Balaban J connectivity index is 1.61. The molecular weight excluding hydrogens is 336 g/mol. The number of benzene rings is 1. The fourth-order valence-electron chi connectivity index (χ4n) is 3.19. The molecule has 27 heavy (non-hydrogen) atoms. The molecule has 3 heterocycles. The van der Waals surface area contributed by atoms with E-state index in [0.717, 1.165) is 28.4 Å². The lowest BCUT2D eigenvalue weighted by atomic mass is 10.1. The number of aromatic nitrogens is 4. The van der Waals surface area contributed by atoms with Crippen molar-refractivity contribution in [1.29, 1.82) is 5.26 Å². The number of fused-ring (bicyclic) bond motifs is 1. The number of hydrogen-bond donors (Lipinski definition) is 1. The third-order valence-electron chi connectivity index (χ3n) is 4.77. The highest BCUT2D eigenvalue weighted by atomic mass is 15.3. The summed E-state index contributed by atoms with van der Waals surface area (Å²) in [6.07, 6.45) is 5.49. The molecule has 0 saturated carbocycles. The Morgan fingerprint density at radius 1 is 1.11 bits per heavy atom. The zero-order valence-electron chi connectivity index (χ0n) is 15.6. The molecule has 4 rings (SSSR count). The van der Waals surface area contributed by atoms with E-state index in [1.165, 1.54) is 11.1 Å². The van der Waals surface area contributed by atoms with Crippen LogP contribution >= 0.6 is 0 Å². The number of nitriles is 1. The molecule has 1 aromatic carbocycles. The Kier molecular flexibility index (Phi) is 4.13. The van der Waals surface area contributed by atoms with Crippen molar-refractivity contribution in [3.63, 3.8) is 0 Å². The van der Waals surface area contributed by atoms with Gasteiger partial charge in [-0.05, 0) is 50.1 Å². The van der Waals surface area contributed by atoms with E-state index in [0.29, 0.717) is 12.1 Å². The predicted molar refractivity (Wildman–Crippen MR) is 105 cm³/mol. The highest BCUT2D eigenvalue weighted by Crippen LogP contribution is 2.22. The van der Waals surface area contributed by atoms with Gasteiger partial charge in [0.1, 0.15) is 11.7 Å². The van der Waals surface area contributed by atoms with Crippen LogP contribution in [0.25, 0.3) is 11.3 Å². The molecule has 0 atom stereocenters. The molecule has 0 bridgehead atoms. The minimum atomic E-state index is 0.593. The molecule has 6 nitrogen and oxygen atoms in total. The molecule has 0 fully saturated rings. The Hall–Kier alpha value is -3.59. The van der Waals surface area contributed by atoms with Gasteiger partial charge in [0.15, 0.2) is 0 Å². The fourth-order valence-corrected chi connectivity index (χ4v) is 3.19. The highest BCUT2D eigenvalue weighted by molar-refractivity contribution is 5.52. The van der Waals surface area contributed by atoms with E-state index >= 15 is 0 Å². The summed E-state index contributed by atoms with van der Waals surface area (Å²) in [5.41, 5.74) is 7.94. The lowest BCUT2D eigenvalue weighted by Crippen LogP contribution is -2.05. The van der Waals surface area contributed by atoms with Crippen LogP contribution in [0.5, 0.6) is 0 Å². The molecule has 0 saturated heterocycles. The molecule has 1 N–H and O–H groups in total. The van der Waals surface area contributed by atoms with E-state index in [-0.39, 0.29) is 0 Å². The van der Waals surface area contributed by atoms with Crippen LogP contribution in [0.2, 0.25) is 0 Å². The molecule has 6 heteroatoms. The van der Waals surface area contributed by atoms with Gasteiger partial charge in [-0.25, -0.2) is 9.67 Å². The first-order valence-electron chi connectivity index (χ1n) is 8.79. The van der Waals surface area contributed by atoms with Crippen LogP contribution in [0.4, 0.5) is 5.69 Å². The number of anilines is 1. The van der Waals surface area contributed by atoms with Crippen molar-refractivity contribution in [2.24, 2.45) is 0 Å². The second-order valence-corrected chi connectivity index (χ2v) is 6.71. The zero-order chi connectivity index (χ0) is 19.0. The molecular formula is C21H20N6. The number of hydrogen-bond acceptors (Lipinski definition) is 4. The molecule has 0 radical (unpaired) electrons. The van der Waals surface area contributed by atoms with Crippen molar-refractivity contribution in [3.8, 4) is 11.8 Å². The van der Waals surface area contributed by atoms with Crippen molar-refractivity contribution in [1.82, 2.24) is 19.2 Å². The first-order valence-corrected chi connectivity index (χ1v) is 8.79. The molecule has 3 aromatic heterocycles. The van der Waals surface area contributed by atoms with Gasteiger partial charge >= 0.3 is 0 Å². The number of nitrogens with one attached hydrogen (secondary N) is 1. The van der Waals surface area contributed by atoms with Crippen LogP contribution in [0.15, 0.2) is 48.9 Å². The normalized spacial score (nSPS) is 10.9. The SMILES string of the molecule is Cc1ccc(C)c(-n2ncc(NCc3cnc4ccc(C#N)cn34)c2C)c1. The first-order chi connectivity index (χ1) is 13.1. The third-order valence-corrected chi connectivity index (χ3v) is 4.77. The Labute approximate surface area is 157 Å². The zero-order valence-corrected chi connectivity index (χ0v) is 15.6. The molecule has 0 spiro atoms. The minimum Gasteiger partial charge on any atom is -0.377 e. The second-order valence-electron chi connectivity index (χ2n) is 6.71. The van der Waals surface area contributed by atoms with Crippen molar-refractivity contribution < 1.29 is 0 Å². The van der Waals surface area contributed by atoms with Gasteiger partial charge in [0, 0.05) is 6.20 Å². The average Bonchev–Trinajstić information content (AvgIpc) is 3.24. The second kappa shape index (κ2) is 6.61. The molecule has 0 unspecified atom stereocenters. The van der Waals surface area contributed by atoms with E-state index in [9.17, 15) is 0 Å². The Morgan fingerprint density at radius 2 is 1.96 bits per heavy atom. The van der Waals surface area contributed by atoms with Gasteiger partial charge in [-0.1, -0.05) is 12.1 Å². The van der Waals surface area contributed by atoms with E-state index in [2.05, 4.69) is 60.4 Å². The molecule has 0 aliphatic rings. The number of aryl methyl sites for hydroxylation is 2. The lowest BCUT2D eigenvalue weighted by molar-refractivity contribution is 0.839. The number of rotatable bonds is 4. The van der Waals surface area contributed by atoms with Gasteiger partial charge in [0.2, 0.25) is 0 Å². The maximum Gasteiger partial charge on any atom is 0.137 e. The standard InChI is InChI=1S/C21H20N6/c1-14-4-5-15(2)20(8-14)27-16(3)19(12-25-27)23-10-18-11-24-21-7-6-17(9-22)13-26(18)21/h4-8,11-13,23H,10H2,1-3H3. The lowest BCUT2D eigenvalue weighted by Gasteiger charge is -2.10. The van der Waals surface area contributed by atoms with Gasteiger partial charge in [-0.15, -0.1) is 0 Å². The third kappa shape index (κ3) is 3.04. The smallest absolute Gasteiger partial charge is 0.137 e. The van der Waals surface area contributed by atoms with E-state index < -0.39 is 0 Å². The van der Waals surface area contributed by atoms with Gasteiger partial charge in [-0.3, -0.25) is 0 Å². The molecule has 4 aromatic rings. The van der Waals surface area contributed by atoms with E-state index in [1.54, 1.807) is 6.07 Å². The van der Waals surface area contributed by atoms with Crippen molar-refractivity contribution in [3.05, 3.63) is 77.0 Å². The van der Waals surface area contributed by atoms with Crippen LogP contribution in [0, 0.1) is 32.1 Å². The molecule has 0 amide bonds. The highest BCUT2D eigenvalue weighted by Gasteiger charge is 2.11. The number of pyridine rings is 1. The minimum absolute atomic E-state index is 0.593. The first kappa shape index (κ1) is 16.9. The van der Waals surface area contributed by atoms with E-state index in [4.69, 9.17) is 5.26 Å². The molecule has 0 aliphatic heterocycles. The molecule has 134 valence electrons. The summed E-state index contributed by atoms with van der Waals surface area (Å²) in [7, 11) is 0. The summed E-state index contributed by atoms with van der Waals surface area (Å²) in [4.78, 5) is 4.40. The van der Waals surface area contributed by atoms with Gasteiger partial charge < -0.3 is 9.72 Å². The van der Waals surface area contributed by atoms with Crippen LogP contribution in [0.1, 0.15) is 28.1 Å². The maximum atomic E-state index is 9.11. The van der Waals surface area contributed by atoms with Crippen LogP contribution in [0.3, 0.4) is 0 Å². The summed E-state index contributed by atoms with van der Waals surface area (Å²) in [5.74, 6) is 0. The van der Waals surface area contributed by atoms with Crippen LogP contribution in [-0.2, 0) is 6.54 Å². The topological polar surface area (TPSA) is 70.9 Å². The van der Waals surface area contributed by atoms with Crippen molar-refractivity contribution >= 4 is 11.3 Å². The average molecular weight is 356 g/mol. The summed E-state index contributed by atoms with van der Waals surface area (Å²) < 4.78 is 3.91. The quantitative estimate of drug-likeness (QED) is 0.601. The van der Waals surface area contributed by atoms with Crippen LogP contribution < -0.4 is 5.32 Å². The van der Waals surface area contributed by atoms with Gasteiger partial charge in [0.25, 0.3) is 0 Å². The predicted octanol–water partition coefficient (Wildman–Crippen LogP) is 3.93. The van der Waals surface area contributed by atoms with E-state index in [1.807, 2.05) is 33.7 Å². The largest absolute Gasteiger partial charge is 0.377 e. The molecule has 0 aliphatic carbocycles. The summed E-state index contributed by atoms with van der Waals surface area (Å²) in [6, 6.07) is 12.2. The monoisotopic (exact) mass is 356 g/mol. The van der Waals surface area contributed by atoms with Crippen molar-refractivity contribution in [2.45, 2.75) is 27.3 Å². The number of nitrogens with zero attached hydrogens (tertiary/aromatic N) is 5. The maximum absolute atomic E-state index is 9.11. The van der Waals surface area contributed by atoms with Crippen molar-refractivity contribution in [2.75, 3.05) is 5.32 Å². The summed E-state index contributed by atoms with van der Waals surface area (Å²) in [6.45, 7) is 6.82. The number of imidazole rings is 1. The van der Waals surface area contributed by atoms with Gasteiger partial charge in [0.05, 0.1) is 47.3 Å². The van der Waals surface area contributed by atoms with Gasteiger partial charge in [-0.2, -0.15) is 10.4 Å². The van der Waals surface area contributed by atoms with Crippen LogP contribution in [-0.4, -0.2) is 19.2 Å². The Morgan fingerprint density at radius 3 is 2.78 bits per heavy atom. The summed E-state index contributed by atoms with van der Waals surface area (Å²) in [5, 5.41) is 17.1.